The van der Waals surface area contributed by atoms with E-state index in [4.69, 9.17) is 4.74 Å². The van der Waals surface area contributed by atoms with Gasteiger partial charge in [-0.2, -0.15) is 0 Å². The molecule has 0 aromatic heterocycles. The monoisotopic (exact) mass is 305 g/mol. The normalized spacial score (nSPS) is 11.2. The zero-order valence-corrected chi connectivity index (χ0v) is 13.2. The topological polar surface area (TPSA) is 46.6 Å². The van der Waals surface area contributed by atoms with Gasteiger partial charge >= 0.3 is 0 Å². The molecule has 0 amide bonds. The van der Waals surface area contributed by atoms with Gasteiger partial charge in [-0.3, -0.25) is 4.31 Å². The Morgan fingerprint density at radius 2 is 1.76 bits per heavy atom. The highest BCUT2D eigenvalue weighted by atomic mass is 32.2. The molecule has 4 nitrogen and oxygen atoms in total. The number of hydrogen-bond acceptors (Lipinski definition) is 3. The van der Waals surface area contributed by atoms with E-state index in [0.29, 0.717) is 18.0 Å². The molecule has 0 aliphatic heterocycles. The summed E-state index contributed by atoms with van der Waals surface area (Å²) in [4.78, 5) is 0.245. The third kappa shape index (κ3) is 3.36. The van der Waals surface area contributed by atoms with Gasteiger partial charge in [0.2, 0.25) is 0 Å². The van der Waals surface area contributed by atoms with Crippen LogP contribution in [0.5, 0.6) is 5.75 Å². The highest BCUT2D eigenvalue weighted by Crippen LogP contribution is 2.24. The molecule has 5 heteroatoms. The van der Waals surface area contributed by atoms with E-state index >= 15 is 0 Å². The second-order valence-corrected chi connectivity index (χ2v) is 6.69. The summed E-state index contributed by atoms with van der Waals surface area (Å²) in [6.07, 6.45) is 0. The highest BCUT2D eigenvalue weighted by Gasteiger charge is 2.21. The second kappa shape index (κ2) is 6.18. The van der Waals surface area contributed by atoms with Crippen LogP contribution in [-0.2, 0) is 10.0 Å². The van der Waals surface area contributed by atoms with E-state index in [9.17, 15) is 8.42 Å². The molecule has 0 spiro atoms. The zero-order valence-electron chi connectivity index (χ0n) is 12.4. The summed E-state index contributed by atoms with van der Waals surface area (Å²) in [5.74, 6) is 0.662. The van der Waals surface area contributed by atoms with E-state index in [2.05, 4.69) is 0 Å². The van der Waals surface area contributed by atoms with Gasteiger partial charge in [-0.25, -0.2) is 8.42 Å². The number of anilines is 1. The van der Waals surface area contributed by atoms with Crippen molar-refractivity contribution < 1.29 is 13.2 Å². The lowest BCUT2D eigenvalue weighted by molar-refractivity contribution is 0.340. The van der Waals surface area contributed by atoms with Crippen LogP contribution in [0.2, 0.25) is 0 Å². The first kappa shape index (κ1) is 15.4. The van der Waals surface area contributed by atoms with Crippen molar-refractivity contribution in [3.63, 3.8) is 0 Å². The summed E-state index contributed by atoms with van der Waals surface area (Å²) >= 11 is 0. The van der Waals surface area contributed by atoms with Gasteiger partial charge in [0.05, 0.1) is 17.2 Å². The Morgan fingerprint density at radius 1 is 1.10 bits per heavy atom. The maximum Gasteiger partial charge on any atom is 0.264 e. The molecule has 21 heavy (non-hydrogen) atoms. The third-order valence-electron chi connectivity index (χ3n) is 3.16. The fourth-order valence-electron chi connectivity index (χ4n) is 2.00. The van der Waals surface area contributed by atoms with Crippen molar-refractivity contribution in [2.75, 3.05) is 18.0 Å². The molecule has 0 radical (unpaired) electrons. The molecule has 0 atom stereocenters. The summed E-state index contributed by atoms with van der Waals surface area (Å²) < 4.78 is 31.8. The van der Waals surface area contributed by atoms with Crippen molar-refractivity contribution in [3.05, 3.63) is 54.1 Å². The van der Waals surface area contributed by atoms with Crippen LogP contribution >= 0.6 is 0 Å². The van der Waals surface area contributed by atoms with Gasteiger partial charge in [0.1, 0.15) is 5.75 Å². The maximum atomic E-state index is 12.6. The van der Waals surface area contributed by atoms with Crippen LogP contribution < -0.4 is 9.04 Å². The predicted molar refractivity (Wildman–Crippen MR) is 84.4 cm³/mol. The lowest BCUT2D eigenvalue weighted by Gasteiger charge is -2.20. The van der Waals surface area contributed by atoms with Crippen LogP contribution in [0.1, 0.15) is 12.5 Å². The van der Waals surface area contributed by atoms with Crippen molar-refractivity contribution in [1.29, 1.82) is 0 Å². The number of benzene rings is 2. The van der Waals surface area contributed by atoms with E-state index in [1.807, 2.05) is 32.0 Å². The largest absolute Gasteiger partial charge is 0.494 e. The predicted octanol–water partition coefficient (Wildman–Crippen LogP) is 3.22. The summed E-state index contributed by atoms with van der Waals surface area (Å²) in [6, 6.07) is 13.8. The van der Waals surface area contributed by atoms with E-state index in [1.54, 1.807) is 37.4 Å². The summed E-state index contributed by atoms with van der Waals surface area (Å²) in [7, 11) is -2.01. The van der Waals surface area contributed by atoms with Gasteiger partial charge in [0.25, 0.3) is 10.0 Å². The van der Waals surface area contributed by atoms with Crippen LogP contribution in [0.15, 0.2) is 53.4 Å². The first-order valence-corrected chi connectivity index (χ1v) is 8.17. The number of ether oxygens (including phenoxy) is 1. The van der Waals surface area contributed by atoms with Crippen LogP contribution in [0, 0.1) is 6.92 Å². The van der Waals surface area contributed by atoms with Crippen molar-refractivity contribution in [2.24, 2.45) is 0 Å². The molecule has 0 aliphatic carbocycles. The number of hydrogen-bond donors (Lipinski definition) is 0. The number of sulfonamides is 1. The van der Waals surface area contributed by atoms with E-state index in [-0.39, 0.29) is 4.90 Å². The van der Waals surface area contributed by atoms with Gasteiger partial charge in [-0.1, -0.05) is 12.1 Å². The first-order chi connectivity index (χ1) is 9.95. The van der Waals surface area contributed by atoms with Crippen LogP contribution in [0.25, 0.3) is 0 Å². The zero-order chi connectivity index (χ0) is 15.5. The Hall–Kier alpha value is -2.01. The molecule has 0 unspecified atom stereocenters. The third-order valence-corrected chi connectivity index (χ3v) is 4.96. The molecule has 2 rings (SSSR count). The van der Waals surface area contributed by atoms with Crippen LogP contribution in [0.4, 0.5) is 5.69 Å². The second-order valence-electron chi connectivity index (χ2n) is 4.72. The minimum atomic E-state index is -3.56. The molecule has 0 N–H and O–H groups in total. The van der Waals surface area contributed by atoms with Crippen molar-refractivity contribution in [2.45, 2.75) is 18.7 Å². The standard InChI is InChI=1S/C16H19NO3S/c1-4-20-15-8-10-16(11-9-15)21(18,19)17(3)14-7-5-6-13(2)12-14/h5-12H,4H2,1-3H3. The van der Waals surface area contributed by atoms with Gasteiger partial charge in [0, 0.05) is 7.05 Å². The molecule has 112 valence electrons. The van der Waals surface area contributed by atoms with E-state index in [1.165, 1.54) is 4.31 Å². The summed E-state index contributed by atoms with van der Waals surface area (Å²) in [5, 5.41) is 0. The number of nitrogens with zero attached hydrogens (tertiary/aromatic N) is 1. The SMILES string of the molecule is CCOc1ccc(S(=O)(=O)N(C)c2cccc(C)c2)cc1. The van der Waals surface area contributed by atoms with E-state index < -0.39 is 10.0 Å². The maximum absolute atomic E-state index is 12.6. The van der Waals surface area contributed by atoms with Gasteiger partial charge in [-0.05, 0) is 55.8 Å². The minimum absolute atomic E-state index is 0.245. The number of rotatable bonds is 5. The van der Waals surface area contributed by atoms with Gasteiger partial charge < -0.3 is 4.74 Å². The quantitative estimate of drug-likeness (QED) is 0.852. The Morgan fingerprint density at radius 3 is 2.33 bits per heavy atom. The molecule has 2 aromatic carbocycles. The van der Waals surface area contributed by atoms with Crippen LogP contribution in [0.3, 0.4) is 0 Å². The van der Waals surface area contributed by atoms with Crippen molar-refractivity contribution in [3.8, 4) is 5.75 Å². The molecule has 2 aromatic rings. The Kier molecular flexibility index (Phi) is 4.53. The fourth-order valence-corrected chi connectivity index (χ4v) is 3.18. The fraction of sp³-hybridized carbons (Fsp3) is 0.250. The minimum Gasteiger partial charge on any atom is -0.494 e. The Labute approximate surface area is 126 Å². The lowest BCUT2D eigenvalue weighted by Crippen LogP contribution is -2.26. The summed E-state index contributed by atoms with van der Waals surface area (Å²) in [6.45, 7) is 4.37. The van der Waals surface area contributed by atoms with Gasteiger partial charge in [-0.15, -0.1) is 0 Å². The summed E-state index contributed by atoms with van der Waals surface area (Å²) in [5.41, 5.74) is 1.66. The average molecular weight is 305 g/mol. The van der Waals surface area contributed by atoms with Gasteiger partial charge in [0.15, 0.2) is 0 Å². The van der Waals surface area contributed by atoms with Crippen LogP contribution in [-0.4, -0.2) is 22.1 Å². The molecule has 0 aliphatic rings. The molecule has 0 saturated carbocycles. The molecule has 0 bridgehead atoms. The van der Waals surface area contributed by atoms with E-state index in [0.717, 1.165) is 5.56 Å². The van der Waals surface area contributed by atoms with Crippen molar-refractivity contribution in [1.82, 2.24) is 0 Å². The smallest absolute Gasteiger partial charge is 0.264 e. The highest BCUT2D eigenvalue weighted by molar-refractivity contribution is 7.92. The number of aryl methyl sites for hydroxylation is 1. The molecule has 0 heterocycles. The molecule has 0 saturated heterocycles. The Bertz CT molecular complexity index is 709. The molecular weight excluding hydrogens is 286 g/mol. The molecular formula is C16H19NO3S. The average Bonchev–Trinajstić information content (AvgIpc) is 2.47. The molecule has 0 fully saturated rings. The van der Waals surface area contributed by atoms with Crippen molar-refractivity contribution >= 4 is 15.7 Å². The Balaban J connectivity index is 2.32. The lowest BCUT2D eigenvalue weighted by atomic mass is 10.2. The first-order valence-electron chi connectivity index (χ1n) is 6.73.